The average molecular weight is 343 g/mol. The standard InChI is InChI=1S/C19H21NO5/c1-3-16(13-6-4-12(2)5-7-13)20-18(23)11-25-19(24)15-9-8-14(21)10-17(15)22/h4-10,16,21-22H,3,11H2,1-2H3,(H,20,23)/t16-/m0/s1. The van der Waals surface area contributed by atoms with Crippen LogP contribution >= 0.6 is 0 Å². The van der Waals surface area contributed by atoms with Crippen LogP contribution in [0.5, 0.6) is 11.5 Å². The Balaban J connectivity index is 1.92. The Bertz CT molecular complexity index is 755. The predicted molar refractivity (Wildman–Crippen MR) is 92.4 cm³/mol. The second-order valence-electron chi connectivity index (χ2n) is 5.72. The van der Waals surface area contributed by atoms with Gasteiger partial charge in [0, 0.05) is 6.07 Å². The molecule has 0 fully saturated rings. The lowest BCUT2D eigenvalue weighted by Crippen LogP contribution is -2.32. The number of phenolic OH excluding ortho intramolecular Hbond substituents is 2. The summed E-state index contributed by atoms with van der Waals surface area (Å²) in [5.41, 5.74) is 1.99. The first-order valence-corrected chi connectivity index (χ1v) is 7.95. The first-order chi connectivity index (χ1) is 11.9. The molecule has 1 amide bonds. The van der Waals surface area contributed by atoms with E-state index in [-0.39, 0.29) is 17.4 Å². The fraction of sp³-hybridized carbons (Fsp3) is 0.263. The molecule has 0 spiro atoms. The minimum absolute atomic E-state index is 0.115. The van der Waals surface area contributed by atoms with Crippen LogP contribution in [0.1, 0.15) is 40.9 Å². The van der Waals surface area contributed by atoms with Crippen molar-refractivity contribution in [3.05, 3.63) is 59.2 Å². The molecule has 2 aromatic carbocycles. The molecular weight excluding hydrogens is 322 g/mol. The van der Waals surface area contributed by atoms with E-state index in [1.54, 1.807) is 0 Å². The Kier molecular flexibility index (Phi) is 6.00. The Morgan fingerprint density at radius 2 is 1.80 bits per heavy atom. The molecule has 0 aliphatic rings. The van der Waals surface area contributed by atoms with Crippen molar-refractivity contribution in [2.45, 2.75) is 26.3 Å². The van der Waals surface area contributed by atoms with Crippen molar-refractivity contribution in [2.75, 3.05) is 6.61 Å². The molecule has 0 radical (unpaired) electrons. The number of benzene rings is 2. The number of rotatable bonds is 6. The summed E-state index contributed by atoms with van der Waals surface area (Å²) in [6.07, 6.45) is 0.696. The van der Waals surface area contributed by atoms with Gasteiger partial charge in [-0.3, -0.25) is 4.79 Å². The lowest BCUT2D eigenvalue weighted by atomic mass is 10.0. The van der Waals surface area contributed by atoms with E-state index in [9.17, 15) is 19.8 Å². The zero-order valence-corrected chi connectivity index (χ0v) is 14.2. The third kappa shape index (κ3) is 4.97. The maximum atomic E-state index is 12.0. The molecule has 0 unspecified atom stereocenters. The van der Waals surface area contributed by atoms with E-state index in [1.807, 2.05) is 38.1 Å². The Hall–Kier alpha value is -3.02. The minimum Gasteiger partial charge on any atom is -0.508 e. The molecule has 6 nitrogen and oxygen atoms in total. The molecule has 2 rings (SSSR count). The first kappa shape index (κ1) is 18.3. The normalized spacial score (nSPS) is 11.6. The number of nitrogens with one attached hydrogen (secondary N) is 1. The number of hydrogen-bond acceptors (Lipinski definition) is 5. The van der Waals surface area contributed by atoms with Gasteiger partial charge in [-0.1, -0.05) is 36.8 Å². The van der Waals surface area contributed by atoms with E-state index in [2.05, 4.69) is 5.32 Å². The molecule has 1 atom stereocenters. The Morgan fingerprint density at radius 3 is 2.40 bits per heavy atom. The molecule has 132 valence electrons. The van der Waals surface area contributed by atoms with Crippen LogP contribution < -0.4 is 5.32 Å². The van der Waals surface area contributed by atoms with Crippen LogP contribution in [0.4, 0.5) is 0 Å². The van der Waals surface area contributed by atoms with Crippen LogP contribution in [0.25, 0.3) is 0 Å². The lowest BCUT2D eigenvalue weighted by Gasteiger charge is -2.17. The second kappa shape index (κ2) is 8.19. The molecule has 0 aromatic heterocycles. The zero-order valence-electron chi connectivity index (χ0n) is 14.2. The summed E-state index contributed by atoms with van der Waals surface area (Å²) in [7, 11) is 0. The quantitative estimate of drug-likeness (QED) is 0.701. The van der Waals surface area contributed by atoms with Gasteiger partial charge in [-0.2, -0.15) is 0 Å². The van der Waals surface area contributed by atoms with E-state index in [0.29, 0.717) is 6.42 Å². The van der Waals surface area contributed by atoms with Crippen LogP contribution in [0.2, 0.25) is 0 Å². The SMILES string of the molecule is CC[C@H](NC(=O)COC(=O)c1ccc(O)cc1O)c1ccc(C)cc1. The average Bonchev–Trinajstić information content (AvgIpc) is 2.58. The minimum atomic E-state index is -0.837. The highest BCUT2D eigenvalue weighted by molar-refractivity contribution is 5.94. The van der Waals surface area contributed by atoms with Gasteiger partial charge in [0.2, 0.25) is 0 Å². The molecule has 0 saturated carbocycles. The van der Waals surface area contributed by atoms with Gasteiger partial charge >= 0.3 is 5.97 Å². The molecule has 0 saturated heterocycles. The van der Waals surface area contributed by atoms with Gasteiger partial charge in [-0.15, -0.1) is 0 Å². The van der Waals surface area contributed by atoms with Crippen molar-refractivity contribution in [1.82, 2.24) is 5.32 Å². The summed E-state index contributed by atoms with van der Waals surface area (Å²) >= 11 is 0. The van der Waals surface area contributed by atoms with Gasteiger partial charge < -0.3 is 20.3 Å². The van der Waals surface area contributed by atoms with Gasteiger partial charge in [0.25, 0.3) is 5.91 Å². The van der Waals surface area contributed by atoms with Crippen molar-refractivity contribution in [1.29, 1.82) is 0 Å². The largest absolute Gasteiger partial charge is 0.508 e. The van der Waals surface area contributed by atoms with Crippen LogP contribution in [0.15, 0.2) is 42.5 Å². The zero-order chi connectivity index (χ0) is 18.4. The number of phenols is 2. The van der Waals surface area contributed by atoms with Gasteiger partial charge in [-0.25, -0.2) is 4.79 Å². The molecule has 0 bridgehead atoms. The Labute approximate surface area is 146 Å². The highest BCUT2D eigenvalue weighted by Crippen LogP contribution is 2.23. The number of carbonyl (C=O) groups excluding carboxylic acids is 2. The van der Waals surface area contributed by atoms with Crippen molar-refractivity contribution in [2.24, 2.45) is 0 Å². The summed E-state index contributed by atoms with van der Waals surface area (Å²) in [6, 6.07) is 11.2. The molecular formula is C19H21NO5. The summed E-state index contributed by atoms with van der Waals surface area (Å²) in [6.45, 7) is 3.48. The molecule has 0 aliphatic heterocycles. The van der Waals surface area contributed by atoms with Crippen molar-refractivity contribution < 1.29 is 24.5 Å². The summed E-state index contributed by atoms with van der Waals surface area (Å²) in [4.78, 5) is 23.9. The summed E-state index contributed by atoms with van der Waals surface area (Å²) in [5, 5.41) is 21.6. The monoisotopic (exact) mass is 343 g/mol. The van der Waals surface area contributed by atoms with Gasteiger partial charge in [0.1, 0.15) is 17.1 Å². The number of aromatic hydroxyl groups is 2. The molecule has 3 N–H and O–H groups in total. The first-order valence-electron chi connectivity index (χ1n) is 7.95. The van der Waals surface area contributed by atoms with E-state index >= 15 is 0 Å². The molecule has 0 heterocycles. The topological polar surface area (TPSA) is 95.9 Å². The highest BCUT2D eigenvalue weighted by atomic mass is 16.5. The van der Waals surface area contributed by atoms with E-state index in [0.717, 1.165) is 17.2 Å². The number of ether oxygens (including phenoxy) is 1. The van der Waals surface area contributed by atoms with Crippen molar-refractivity contribution >= 4 is 11.9 Å². The Morgan fingerprint density at radius 1 is 1.12 bits per heavy atom. The summed E-state index contributed by atoms with van der Waals surface area (Å²) < 4.78 is 4.92. The number of carbonyl (C=O) groups is 2. The third-order valence-corrected chi connectivity index (χ3v) is 3.76. The van der Waals surface area contributed by atoms with Crippen LogP contribution in [0.3, 0.4) is 0 Å². The highest BCUT2D eigenvalue weighted by Gasteiger charge is 2.17. The predicted octanol–water partition coefficient (Wildman–Crippen LogP) is 2.83. The number of amides is 1. The molecule has 2 aromatic rings. The third-order valence-electron chi connectivity index (χ3n) is 3.76. The second-order valence-corrected chi connectivity index (χ2v) is 5.72. The molecule has 6 heteroatoms. The molecule has 25 heavy (non-hydrogen) atoms. The van der Waals surface area contributed by atoms with Gasteiger partial charge in [0.05, 0.1) is 6.04 Å². The number of esters is 1. The van der Waals surface area contributed by atoms with Crippen LogP contribution in [-0.2, 0) is 9.53 Å². The number of hydrogen-bond donors (Lipinski definition) is 3. The van der Waals surface area contributed by atoms with Crippen molar-refractivity contribution in [3.63, 3.8) is 0 Å². The molecule has 0 aliphatic carbocycles. The van der Waals surface area contributed by atoms with E-state index < -0.39 is 24.2 Å². The van der Waals surface area contributed by atoms with Gasteiger partial charge in [-0.05, 0) is 31.0 Å². The van der Waals surface area contributed by atoms with Gasteiger partial charge in [0.15, 0.2) is 6.61 Å². The maximum Gasteiger partial charge on any atom is 0.342 e. The van der Waals surface area contributed by atoms with Crippen LogP contribution in [0, 0.1) is 6.92 Å². The van der Waals surface area contributed by atoms with E-state index in [1.165, 1.54) is 12.1 Å². The number of aryl methyl sites for hydroxylation is 1. The maximum absolute atomic E-state index is 12.0. The lowest BCUT2D eigenvalue weighted by molar-refractivity contribution is -0.125. The summed E-state index contributed by atoms with van der Waals surface area (Å²) in [5.74, 6) is -1.85. The smallest absolute Gasteiger partial charge is 0.342 e. The fourth-order valence-corrected chi connectivity index (χ4v) is 2.36. The fourth-order valence-electron chi connectivity index (χ4n) is 2.36. The van der Waals surface area contributed by atoms with Crippen LogP contribution in [-0.4, -0.2) is 28.7 Å². The van der Waals surface area contributed by atoms with Crippen molar-refractivity contribution in [3.8, 4) is 11.5 Å². The van der Waals surface area contributed by atoms with E-state index in [4.69, 9.17) is 4.74 Å².